The molecule has 0 saturated carbocycles. The summed E-state index contributed by atoms with van der Waals surface area (Å²) in [6, 6.07) is 15.4. The number of nitrogens with one attached hydrogen (secondary N) is 2. The van der Waals surface area contributed by atoms with E-state index in [0.29, 0.717) is 36.0 Å². The Hall–Kier alpha value is -3.52. The smallest absolute Gasteiger partial charge is 0.262 e. The predicted molar refractivity (Wildman–Crippen MR) is 131 cm³/mol. The second kappa shape index (κ2) is 9.38. The highest BCUT2D eigenvalue weighted by atomic mass is 32.2. The van der Waals surface area contributed by atoms with Gasteiger partial charge in [0, 0.05) is 5.56 Å². The summed E-state index contributed by atoms with van der Waals surface area (Å²) >= 11 is 0. The first-order chi connectivity index (χ1) is 16.1. The number of hydrogen-bond donors (Lipinski definition) is 2. The largest absolute Gasteiger partial charge is 0.486 e. The fourth-order valence-corrected chi connectivity index (χ4v) is 5.25. The van der Waals surface area contributed by atoms with Gasteiger partial charge in [-0.2, -0.15) is 0 Å². The van der Waals surface area contributed by atoms with E-state index >= 15 is 0 Å². The first kappa shape index (κ1) is 23.6. The van der Waals surface area contributed by atoms with E-state index in [1.165, 1.54) is 6.07 Å². The number of carbonyl (C=O) groups excluding carboxylic acids is 1. The van der Waals surface area contributed by atoms with Crippen LogP contribution in [0.2, 0.25) is 0 Å². The Morgan fingerprint density at radius 3 is 2.35 bits per heavy atom. The molecule has 178 valence electrons. The van der Waals surface area contributed by atoms with Crippen LogP contribution < -0.4 is 19.5 Å². The minimum absolute atomic E-state index is 0.0621. The molecule has 2 N–H and O–H groups in total. The average molecular weight is 481 g/mol. The van der Waals surface area contributed by atoms with Crippen molar-refractivity contribution in [2.75, 3.05) is 17.9 Å². The third-order valence-electron chi connectivity index (χ3n) is 5.78. The topological polar surface area (TPSA) is 93.7 Å². The lowest BCUT2D eigenvalue weighted by molar-refractivity contribution is 0.0939. The van der Waals surface area contributed by atoms with Crippen molar-refractivity contribution in [1.82, 2.24) is 5.32 Å². The summed E-state index contributed by atoms with van der Waals surface area (Å²) in [7, 11) is -3.89. The monoisotopic (exact) mass is 480 g/mol. The maximum absolute atomic E-state index is 13.1. The fraction of sp³-hybridized carbons (Fsp3) is 0.269. The summed E-state index contributed by atoms with van der Waals surface area (Å²) in [5.41, 5.74) is 4.04. The van der Waals surface area contributed by atoms with Crippen LogP contribution in [-0.4, -0.2) is 27.5 Å². The summed E-state index contributed by atoms with van der Waals surface area (Å²) in [4.78, 5) is 13.0. The first-order valence-corrected chi connectivity index (χ1v) is 12.5. The highest BCUT2D eigenvalue weighted by molar-refractivity contribution is 7.92. The Labute approximate surface area is 200 Å². The van der Waals surface area contributed by atoms with Crippen molar-refractivity contribution < 1.29 is 22.7 Å². The standard InChI is InChI=1S/C26H28N2O5S/c1-16-5-9-22(18(3)13-16)28-34(30,31)25-15-21(7-6-17(25)2)26(29)27-19(4)20-8-10-23-24(14-20)33-12-11-32-23/h5-10,13-15,19,28H,11-12H2,1-4H3,(H,27,29)/t19-/m0/s1. The molecule has 0 bridgehead atoms. The minimum atomic E-state index is -3.89. The van der Waals surface area contributed by atoms with Gasteiger partial charge in [0.1, 0.15) is 13.2 Å². The number of fused-ring (bicyclic) bond motifs is 1. The number of carbonyl (C=O) groups is 1. The van der Waals surface area contributed by atoms with Gasteiger partial charge < -0.3 is 14.8 Å². The number of amides is 1. The normalized spacial score (nSPS) is 13.8. The Kier molecular flexibility index (Phi) is 6.52. The summed E-state index contributed by atoms with van der Waals surface area (Å²) < 4.78 is 40.1. The zero-order valence-electron chi connectivity index (χ0n) is 19.6. The Bertz CT molecular complexity index is 1350. The third kappa shape index (κ3) is 5.02. The lowest BCUT2D eigenvalue weighted by atomic mass is 10.1. The number of aryl methyl sites for hydroxylation is 3. The Morgan fingerprint density at radius 1 is 0.882 bits per heavy atom. The van der Waals surface area contributed by atoms with Gasteiger partial charge in [-0.05, 0) is 74.7 Å². The van der Waals surface area contributed by atoms with Gasteiger partial charge in [-0.25, -0.2) is 8.42 Å². The van der Waals surface area contributed by atoms with Crippen LogP contribution in [0.4, 0.5) is 5.69 Å². The molecule has 8 heteroatoms. The van der Waals surface area contributed by atoms with Gasteiger partial charge in [0.15, 0.2) is 11.5 Å². The average Bonchev–Trinajstić information content (AvgIpc) is 2.80. The van der Waals surface area contributed by atoms with E-state index in [1.54, 1.807) is 25.1 Å². The van der Waals surface area contributed by atoms with Crippen molar-refractivity contribution in [2.24, 2.45) is 0 Å². The second-order valence-electron chi connectivity index (χ2n) is 8.50. The van der Waals surface area contributed by atoms with Crippen molar-refractivity contribution >= 4 is 21.6 Å². The molecule has 3 aromatic carbocycles. The van der Waals surface area contributed by atoms with Crippen molar-refractivity contribution in [3.05, 3.63) is 82.4 Å². The maximum Gasteiger partial charge on any atom is 0.262 e. The van der Waals surface area contributed by atoms with E-state index in [1.807, 2.05) is 51.1 Å². The van der Waals surface area contributed by atoms with Crippen LogP contribution in [0.25, 0.3) is 0 Å². The number of ether oxygens (including phenoxy) is 2. The molecule has 0 aromatic heterocycles. The zero-order valence-corrected chi connectivity index (χ0v) is 20.5. The van der Waals surface area contributed by atoms with Crippen LogP contribution >= 0.6 is 0 Å². The predicted octanol–water partition coefficient (Wildman–Crippen LogP) is 4.67. The van der Waals surface area contributed by atoms with E-state index in [0.717, 1.165) is 16.7 Å². The second-order valence-corrected chi connectivity index (χ2v) is 10.2. The molecule has 1 amide bonds. The molecule has 0 radical (unpaired) electrons. The van der Waals surface area contributed by atoms with Gasteiger partial charge in [0.25, 0.3) is 15.9 Å². The van der Waals surface area contributed by atoms with Gasteiger partial charge in [-0.1, -0.05) is 29.8 Å². The van der Waals surface area contributed by atoms with E-state index < -0.39 is 10.0 Å². The lowest BCUT2D eigenvalue weighted by Crippen LogP contribution is -2.27. The molecule has 0 fully saturated rings. The summed E-state index contributed by atoms with van der Waals surface area (Å²) in [6.45, 7) is 8.35. The molecule has 1 atom stereocenters. The SMILES string of the molecule is Cc1ccc(NS(=O)(=O)c2cc(C(=O)N[C@@H](C)c3ccc4c(c3)OCCO4)ccc2C)c(C)c1. The minimum Gasteiger partial charge on any atom is -0.486 e. The Morgan fingerprint density at radius 2 is 1.62 bits per heavy atom. The number of rotatable bonds is 6. The fourth-order valence-electron chi connectivity index (χ4n) is 3.85. The van der Waals surface area contributed by atoms with Crippen LogP contribution in [-0.2, 0) is 10.0 Å². The summed E-state index contributed by atoms with van der Waals surface area (Å²) in [5.74, 6) is 0.953. The van der Waals surface area contributed by atoms with Crippen molar-refractivity contribution in [3.63, 3.8) is 0 Å². The molecule has 1 aliphatic rings. The van der Waals surface area contributed by atoms with Crippen molar-refractivity contribution in [3.8, 4) is 11.5 Å². The summed E-state index contributed by atoms with van der Waals surface area (Å²) in [5, 5.41) is 2.93. The van der Waals surface area contributed by atoms with E-state index in [9.17, 15) is 13.2 Å². The highest BCUT2D eigenvalue weighted by Crippen LogP contribution is 2.32. The molecule has 34 heavy (non-hydrogen) atoms. The molecule has 7 nitrogen and oxygen atoms in total. The molecule has 0 aliphatic carbocycles. The molecule has 0 spiro atoms. The first-order valence-electron chi connectivity index (χ1n) is 11.1. The molecular weight excluding hydrogens is 452 g/mol. The van der Waals surface area contributed by atoms with Crippen molar-refractivity contribution in [2.45, 2.75) is 38.6 Å². The van der Waals surface area contributed by atoms with Gasteiger partial charge >= 0.3 is 0 Å². The molecule has 1 heterocycles. The molecule has 1 aliphatic heterocycles. The van der Waals surface area contributed by atoms with Crippen LogP contribution in [0.3, 0.4) is 0 Å². The number of sulfonamides is 1. The van der Waals surface area contributed by atoms with Gasteiger partial charge in [0.2, 0.25) is 0 Å². The van der Waals surface area contributed by atoms with Crippen LogP contribution in [0.5, 0.6) is 11.5 Å². The maximum atomic E-state index is 13.1. The molecule has 0 saturated heterocycles. The molecule has 4 rings (SSSR count). The summed E-state index contributed by atoms with van der Waals surface area (Å²) in [6.07, 6.45) is 0. The quantitative estimate of drug-likeness (QED) is 0.535. The number of benzene rings is 3. The van der Waals surface area contributed by atoms with E-state index in [2.05, 4.69) is 10.0 Å². The molecular formula is C26H28N2O5S. The van der Waals surface area contributed by atoms with Crippen LogP contribution in [0.15, 0.2) is 59.5 Å². The molecule has 0 unspecified atom stereocenters. The lowest BCUT2D eigenvalue weighted by Gasteiger charge is -2.21. The van der Waals surface area contributed by atoms with Crippen LogP contribution in [0, 0.1) is 20.8 Å². The number of hydrogen-bond acceptors (Lipinski definition) is 5. The Balaban J connectivity index is 1.54. The number of anilines is 1. The molecule has 3 aromatic rings. The van der Waals surface area contributed by atoms with Gasteiger partial charge in [-0.3, -0.25) is 9.52 Å². The highest BCUT2D eigenvalue weighted by Gasteiger charge is 2.21. The van der Waals surface area contributed by atoms with Gasteiger partial charge in [0.05, 0.1) is 16.6 Å². The van der Waals surface area contributed by atoms with Gasteiger partial charge in [-0.15, -0.1) is 0 Å². The third-order valence-corrected chi connectivity index (χ3v) is 7.29. The van der Waals surface area contributed by atoms with E-state index in [-0.39, 0.29) is 22.4 Å². The zero-order chi connectivity index (χ0) is 24.5. The van der Waals surface area contributed by atoms with E-state index in [4.69, 9.17) is 9.47 Å². The van der Waals surface area contributed by atoms with Crippen molar-refractivity contribution in [1.29, 1.82) is 0 Å². The van der Waals surface area contributed by atoms with Crippen LogP contribution in [0.1, 0.15) is 45.6 Å².